The Morgan fingerprint density at radius 2 is 1.27 bits per heavy atom. The van der Waals surface area contributed by atoms with Gasteiger partial charge in [0.05, 0.1) is 0 Å². The van der Waals surface area contributed by atoms with Crippen molar-refractivity contribution < 1.29 is 9.30 Å². The Hall–Kier alpha value is -2.09. The molecule has 26 heavy (non-hydrogen) atoms. The maximum absolute atomic E-state index is 13.7. The second-order valence-corrected chi connectivity index (χ2v) is 9.19. The van der Waals surface area contributed by atoms with E-state index in [1.807, 2.05) is 60.7 Å². The molecule has 2 aromatic carbocycles. The van der Waals surface area contributed by atoms with E-state index in [-0.39, 0.29) is 0 Å². The maximum atomic E-state index is 13.7. The molecule has 2 aliphatic rings. The van der Waals surface area contributed by atoms with Crippen molar-refractivity contribution >= 4 is 18.8 Å². The summed E-state index contributed by atoms with van der Waals surface area (Å²) in [7, 11) is -2.82. The Morgan fingerprint density at radius 1 is 0.769 bits per heavy atom. The number of benzene rings is 2. The van der Waals surface area contributed by atoms with Gasteiger partial charge in [0.2, 0.25) is 0 Å². The van der Waals surface area contributed by atoms with Gasteiger partial charge >= 0.3 is 0 Å². The zero-order chi connectivity index (χ0) is 17.8. The Labute approximate surface area is 155 Å². The maximum Gasteiger partial charge on any atom is 0.198 e. The second-order valence-electron chi connectivity index (χ2n) is 6.99. The van der Waals surface area contributed by atoms with Crippen LogP contribution in [0.1, 0.15) is 43.2 Å². The SMILES string of the molecule is O=P1(NC2CCCCC2)C=C(c2ccccc2)OC(c2ccccc2)=C1. The van der Waals surface area contributed by atoms with Crippen LogP contribution >= 0.6 is 7.29 Å². The summed E-state index contributed by atoms with van der Waals surface area (Å²) in [4.78, 5) is 0. The van der Waals surface area contributed by atoms with Crippen molar-refractivity contribution in [2.24, 2.45) is 0 Å². The molecule has 0 atom stereocenters. The van der Waals surface area contributed by atoms with E-state index in [1.165, 1.54) is 19.3 Å². The van der Waals surface area contributed by atoms with Crippen LogP contribution in [0.15, 0.2) is 72.3 Å². The van der Waals surface area contributed by atoms with Crippen LogP contribution in [-0.4, -0.2) is 6.04 Å². The summed E-state index contributed by atoms with van der Waals surface area (Å²) < 4.78 is 19.9. The van der Waals surface area contributed by atoms with Crippen LogP contribution < -0.4 is 5.09 Å². The third-order valence-electron chi connectivity index (χ3n) is 4.94. The summed E-state index contributed by atoms with van der Waals surface area (Å²) in [5, 5.41) is 3.46. The molecule has 0 aromatic heterocycles. The molecule has 0 amide bonds. The van der Waals surface area contributed by atoms with E-state index >= 15 is 0 Å². The first-order chi connectivity index (χ1) is 12.7. The fraction of sp³-hybridized carbons (Fsp3) is 0.273. The highest BCUT2D eigenvalue weighted by molar-refractivity contribution is 7.68. The second kappa shape index (κ2) is 7.65. The van der Waals surface area contributed by atoms with Crippen molar-refractivity contribution in [2.45, 2.75) is 38.1 Å². The predicted octanol–water partition coefficient (Wildman–Crippen LogP) is 6.21. The van der Waals surface area contributed by atoms with Crippen molar-refractivity contribution in [3.05, 3.63) is 83.4 Å². The van der Waals surface area contributed by atoms with Crippen LogP contribution in [0.2, 0.25) is 0 Å². The molecule has 4 rings (SSSR count). The van der Waals surface area contributed by atoms with Crippen molar-refractivity contribution in [2.75, 3.05) is 0 Å². The van der Waals surface area contributed by atoms with E-state index in [9.17, 15) is 4.57 Å². The minimum absolute atomic E-state index is 0.314. The third-order valence-corrected chi connectivity index (χ3v) is 6.95. The number of rotatable bonds is 4. The zero-order valence-corrected chi connectivity index (χ0v) is 15.7. The van der Waals surface area contributed by atoms with E-state index < -0.39 is 7.29 Å². The highest BCUT2D eigenvalue weighted by Gasteiger charge is 2.29. The number of hydrogen-bond acceptors (Lipinski definition) is 2. The molecule has 3 nitrogen and oxygen atoms in total. The Morgan fingerprint density at radius 3 is 1.77 bits per heavy atom. The first-order valence-corrected chi connectivity index (χ1v) is 11.2. The number of ether oxygens (including phenoxy) is 1. The van der Waals surface area contributed by atoms with Gasteiger partial charge < -0.3 is 4.74 Å². The summed E-state index contributed by atoms with van der Waals surface area (Å²) in [5.41, 5.74) is 1.89. The summed E-state index contributed by atoms with van der Waals surface area (Å²) in [6.45, 7) is 0. The van der Waals surface area contributed by atoms with E-state index in [1.54, 1.807) is 11.6 Å². The highest BCUT2D eigenvalue weighted by atomic mass is 31.2. The molecule has 1 heterocycles. The molecule has 1 aliphatic heterocycles. The largest absolute Gasteiger partial charge is 0.456 e. The van der Waals surface area contributed by atoms with Gasteiger partial charge in [-0.25, -0.2) is 0 Å². The fourth-order valence-corrected chi connectivity index (χ4v) is 5.77. The molecular weight excluding hydrogens is 341 g/mol. The van der Waals surface area contributed by atoms with Crippen molar-refractivity contribution in [1.82, 2.24) is 5.09 Å². The minimum Gasteiger partial charge on any atom is -0.456 e. The Kier molecular flexibility index (Phi) is 5.10. The van der Waals surface area contributed by atoms with Gasteiger partial charge in [0.25, 0.3) is 0 Å². The zero-order valence-electron chi connectivity index (χ0n) is 14.8. The van der Waals surface area contributed by atoms with Gasteiger partial charge in [-0.1, -0.05) is 79.9 Å². The quantitative estimate of drug-likeness (QED) is 0.654. The number of hydrogen-bond donors (Lipinski definition) is 1. The smallest absolute Gasteiger partial charge is 0.198 e. The molecule has 0 unspecified atom stereocenters. The lowest BCUT2D eigenvalue weighted by Gasteiger charge is -2.29. The molecule has 0 radical (unpaired) electrons. The molecule has 0 saturated heterocycles. The average molecular weight is 365 g/mol. The number of nitrogens with one attached hydrogen (secondary N) is 1. The van der Waals surface area contributed by atoms with E-state index in [4.69, 9.17) is 4.74 Å². The summed E-state index contributed by atoms with van der Waals surface area (Å²) in [6.07, 6.45) is 5.88. The van der Waals surface area contributed by atoms with E-state index in [2.05, 4.69) is 5.09 Å². The van der Waals surface area contributed by atoms with Gasteiger partial charge in [-0.2, -0.15) is 0 Å². The minimum atomic E-state index is -2.82. The molecule has 1 saturated carbocycles. The van der Waals surface area contributed by atoms with Crippen LogP contribution in [0.25, 0.3) is 11.5 Å². The lowest BCUT2D eigenvalue weighted by Crippen LogP contribution is -2.28. The molecule has 1 fully saturated rings. The Balaban J connectivity index is 1.70. The lowest BCUT2D eigenvalue weighted by molar-refractivity contribution is 0.413. The normalized spacial score (nSPS) is 20.0. The molecule has 2 aromatic rings. The third kappa shape index (κ3) is 4.00. The summed E-state index contributed by atoms with van der Waals surface area (Å²) in [5.74, 6) is 4.92. The summed E-state index contributed by atoms with van der Waals surface area (Å²) in [6, 6.07) is 20.1. The monoisotopic (exact) mass is 365 g/mol. The topological polar surface area (TPSA) is 38.3 Å². The first kappa shape index (κ1) is 17.3. The Bertz CT molecular complexity index is 793. The van der Waals surface area contributed by atoms with Crippen LogP contribution in [0.5, 0.6) is 0 Å². The van der Waals surface area contributed by atoms with Gasteiger partial charge in [-0.3, -0.25) is 9.65 Å². The van der Waals surface area contributed by atoms with Gasteiger partial charge in [0.1, 0.15) is 11.5 Å². The molecule has 0 bridgehead atoms. The first-order valence-electron chi connectivity index (χ1n) is 9.33. The van der Waals surface area contributed by atoms with Crippen molar-refractivity contribution in [3.63, 3.8) is 0 Å². The van der Waals surface area contributed by atoms with Gasteiger partial charge in [-0.15, -0.1) is 0 Å². The molecule has 0 spiro atoms. The lowest BCUT2D eigenvalue weighted by atomic mass is 9.96. The fourth-order valence-electron chi connectivity index (χ4n) is 3.62. The van der Waals surface area contributed by atoms with Crippen LogP contribution in [0, 0.1) is 0 Å². The van der Waals surface area contributed by atoms with Crippen molar-refractivity contribution in [1.29, 1.82) is 0 Å². The molecule has 134 valence electrons. The highest BCUT2D eigenvalue weighted by Crippen LogP contribution is 2.54. The van der Waals surface area contributed by atoms with E-state index in [0.717, 1.165) is 24.0 Å². The van der Waals surface area contributed by atoms with Crippen LogP contribution in [0.4, 0.5) is 0 Å². The molecular formula is C22H24NO2P. The summed E-state index contributed by atoms with van der Waals surface area (Å²) >= 11 is 0. The average Bonchev–Trinajstić information content (AvgIpc) is 2.69. The molecule has 1 N–H and O–H groups in total. The standard InChI is InChI=1S/C22H24NO2P/c24-26(23-20-14-8-3-9-15-20)16-21(18-10-4-1-5-11-18)25-22(17-26)19-12-6-2-7-13-19/h1-2,4-7,10-13,16-17,20H,3,8-9,14-15H2,(H,23,24). The molecule has 1 aliphatic carbocycles. The molecule has 4 heteroatoms. The van der Waals surface area contributed by atoms with Crippen molar-refractivity contribution in [3.8, 4) is 0 Å². The van der Waals surface area contributed by atoms with Gasteiger partial charge in [0, 0.05) is 28.8 Å². The van der Waals surface area contributed by atoms with Crippen LogP contribution in [0.3, 0.4) is 0 Å². The van der Waals surface area contributed by atoms with E-state index in [0.29, 0.717) is 17.6 Å². The predicted molar refractivity (Wildman–Crippen MR) is 108 cm³/mol. The van der Waals surface area contributed by atoms with Gasteiger partial charge in [-0.05, 0) is 12.8 Å². The van der Waals surface area contributed by atoms with Gasteiger partial charge in [0.15, 0.2) is 7.29 Å². The van der Waals surface area contributed by atoms with Crippen LogP contribution in [-0.2, 0) is 9.30 Å².